The maximum atomic E-state index is 13.0. The second kappa shape index (κ2) is 5.08. The van der Waals surface area contributed by atoms with Crippen LogP contribution < -0.4 is 0 Å². The number of nitrogens with zero attached hydrogens (tertiary/aromatic N) is 1. The molecule has 0 aromatic carbocycles. The quantitative estimate of drug-likeness (QED) is 0.695. The summed E-state index contributed by atoms with van der Waals surface area (Å²) in [4.78, 5) is 13.1. The fraction of sp³-hybridized carbons (Fsp3) is 0.909. The highest BCUT2D eigenvalue weighted by Gasteiger charge is 2.39. The summed E-state index contributed by atoms with van der Waals surface area (Å²) < 4.78 is 30.6. The van der Waals surface area contributed by atoms with E-state index in [0.29, 0.717) is 13.1 Å². The SMILES string of the molecule is COC(=O)C(CN1CCC(F)(F)C1)C(C)C. The van der Waals surface area contributed by atoms with E-state index in [1.54, 1.807) is 4.90 Å². The summed E-state index contributed by atoms with van der Waals surface area (Å²) in [5.41, 5.74) is 0. The van der Waals surface area contributed by atoms with Gasteiger partial charge in [-0.15, -0.1) is 0 Å². The third kappa shape index (κ3) is 3.40. The second-order valence-electron chi connectivity index (χ2n) is 4.71. The zero-order valence-corrected chi connectivity index (χ0v) is 10.0. The third-order valence-corrected chi connectivity index (χ3v) is 3.01. The minimum atomic E-state index is -2.60. The van der Waals surface area contributed by atoms with Crippen molar-refractivity contribution in [3.63, 3.8) is 0 Å². The zero-order valence-electron chi connectivity index (χ0n) is 10.0. The van der Waals surface area contributed by atoms with Crippen LogP contribution in [0.25, 0.3) is 0 Å². The molecule has 0 aromatic rings. The number of methoxy groups -OCH3 is 1. The first-order valence-corrected chi connectivity index (χ1v) is 5.54. The first-order valence-electron chi connectivity index (χ1n) is 5.54. The summed E-state index contributed by atoms with van der Waals surface area (Å²) >= 11 is 0. The van der Waals surface area contributed by atoms with Gasteiger partial charge in [0.05, 0.1) is 19.6 Å². The van der Waals surface area contributed by atoms with E-state index in [4.69, 9.17) is 0 Å². The largest absolute Gasteiger partial charge is 0.469 e. The standard InChI is InChI=1S/C11H19F2NO2/c1-8(2)9(10(15)16-3)6-14-5-4-11(12,13)7-14/h8-9H,4-7H2,1-3H3. The maximum Gasteiger partial charge on any atom is 0.310 e. The molecule has 1 atom stereocenters. The number of ether oxygens (including phenoxy) is 1. The molecule has 1 unspecified atom stereocenters. The van der Waals surface area contributed by atoms with E-state index in [1.807, 2.05) is 13.8 Å². The smallest absolute Gasteiger partial charge is 0.310 e. The van der Waals surface area contributed by atoms with Gasteiger partial charge in [0, 0.05) is 19.5 Å². The van der Waals surface area contributed by atoms with Gasteiger partial charge in [0.2, 0.25) is 0 Å². The van der Waals surface area contributed by atoms with Crippen molar-refractivity contribution >= 4 is 5.97 Å². The third-order valence-electron chi connectivity index (χ3n) is 3.01. The first-order chi connectivity index (χ1) is 7.35. The highest BCUT2D eigenvalue weighted by molar-refractivity contribution is 5.72. The van der Waals surface area contributed by atoms with Crippen molar-refractivity contribution in [2.45, 2.75) is 26.2 Å². The van der Waals surface area contributed by atoms with Crippen LogP contribution in [0.1, 0.15) is 20.3 Å². The van der Waals surface area contributed by atoms with Crippen molar-refractivity contribution in [2.75, 3.05) is 26.7 Å². The van der Waals surface area contributed by atoms with Crippen molar-refractivity contribution in [1.82, 2.24) is 4.90 Å². The van der Waals surface area contributed by atoms with Crippen LogP contribution in [0.4, 0.5) is 8.78 Å². The summed E-state index contributed by atoms with van der Waals surface area (Å²) in [6.45, 7) is 4.27. The number of carbonyl (C=O) groups excluding carboxylic acids is 1. The molecule has 0 N–H and O–H groups in total. The molecular weight excluding hydrogens is 216 g/mol. The number of likely N-dealkylation sites (tertiary alicyclic amines) is 1. The molecule has 3 nitrogen and oxygen atoms in total. The number of rotatable bonds is 4. The molecule has 0 saturated carbocycles. The molecule has 16 heavy (non-hydrogen) atoms. The molecule has 0 bridgehead atoms. The van der Waals surface area contributed by atoms with Gasteiger partial charge in [0.15, 0.2) is 0 Å². The molecule has 0 amide bonds. The van der Waals surface area contributed by atoms with E-state index in [2.05, 4.69) is 4.74 Å². The Bertz CT molecular complexity index is 256. The van der Waals surface area contributed by atoms with Gasteiger partial charge in [-0.25, -0.2) is 8.78 Å². The van der Waals surface area contributed by atoms with Gasteiger partial charge < -0.3 is 4.74 Å². The predicted molar refractivity (Wildman–Crippen MR) is 56.3 cm³/mol. The molecule has 94 valence electrons. The van der Waals surface area contributed by atoms with Gasteiger partial charge in [0.1, 0.15) is 0 Å². The molecule has 1 rings (SSSR count). The minimum Gasteiger partial charge on any atom is -0.469 e. The van der Waals surface area contributed by atoms with Gasteiger partial charge in [0.25, 0.3) is 5.92 Å². The average molecular weight is 235 g/mol. The number of alkyl halides is 2. The molecule has 1 fully saturated rings. The van der Waals surface area contributed by atoms with Crippen molar-refractivity contribution in [3.8, 4) is 0 Å². The topological polar surface area (TPSA) is 29.5 Å². The molecule has 1 aliphatic heterocycles. The maximum absolute atomic E-state index is 13.0. The van der Waals surface area contributed by atoms with E-state index >= 15 is 0 Å². The molecule has 1 aliphatic rings. The fourth-order valence-electron chi connectivity index (χ4n) is 1.95. The number of hydrogen-bond acceptors (Lipinski definition) is 3. The van der Waals surface area contributed by atoms with Crippen LogP contribution in [-0.4, -0.2) is 43.5 Å². The second-order valence-corrected chi connectivity index (χ2v) is 4.71. The first kappa shape index (κ1) is 13.4. The van der Waals surface area contributed by atoms with Gasteiger partial charge in [-0.1, -0.05) is 13.8 Å². The summed E-state index contributed by atoms with van der Waals surface area (Å²) in [5, 5.41) is 0. The highest BCUT2D eigenvalue weighted by atomic mass is 19.3. The molecule has 0 aliphatic carbocycles. The van der Waals surface area contributed by atoms with Crippen LogP contribution >= 0.6 is 0 Å². The van der Waals surface area contributed by atoms with Gasteiger partial charge in [-0.05, 0) is 5.92 Å². The van der Waals surface area contributed by atoms with E-state index in [1.165, 1.54) is 7.11 Å². The van der Waals surface area contributed by atoms with Gasteiger partial charge >= 0.3 is 5.97 Å². The average Bonchev–Trinajstić information content (AvgIpc) is 2.53. The van der Waals surface area contributed by atoms with E-state index in [0.717, 1.165) is 0 Å². The summed E-state index contributed by atoms with van der Waals surface area (Å²) in [6, 6.07) is 0. The van der Waals surface area contributed by atoms with Crippen LogP contribution in [0, 0.1) is 11.8 Å². The summed E-state index contributed by atoms with van der Waals surface area (Å²) in [6.07, 6.45) is -0.112. The Labute approximate surface area is 94.7 Å². The molecule has 5 heteroatoms. The highest BCUT2D eigenvalue weighted by Crippen LogP contribution is 2.28. The van der Waals surface area contributed by atoms with Crippen LogP contribution in [0.3, 0.4) is 0 Å². The lowest BCUT2D eigenvalue weighted by Gasteiger charge is -2.24. The number of hydrogen-bond donors (Lipinski definition) is 0. The Morgan fingerprint density at radius 1 is 1.50 bits per heavy atom. The lowest BCUT2D eigenvalue weighted by atomic mass is 9.95. The molecule has 0 radical (unpaired) electrons. The number of esters is 1. The minimum absolute atomic E-state index is 0.0988. The molecule has 0 spiro atoms. The lowest BCUT2D eigenvalue weighted by Crippen LogP contribution is -2.36. The monoisotopic (exact) mass is 235 g/mol. The number of carbonyl (C=O) groups is 1. The summed E-state index contributed by atoms with van der Waals surface area (Å²) in [7, 11) is 1.33. The van der Waals surface area contributed by atoms with Crippen molar-refractivity contribution in [2.24, 2.45) is 11.8 Å². The Morgan fingerprint density at radius 3 is 2.50 bits per heavy atom. The summed E-state index contributed by atoms with van der Waals surface area (Å²) in [5.74, 6) is -3.14. The van der Waals surface area contributed by atoms with Gasteiger partial charge in [-0.2, -0.15) is 0 Å². The van der Waals surface area contributed by atoms with Crippen molar-refractivity contribution < 1.29 is 18.3 Å². The van der Waals surface area contributed by atoms with Crippen LogP contribution in [-0.2, 0) is 9.53 Å². The normalized spacial score (nSPS) is 22.4. The van der Waals surface area contributed by atoms with Crippen LogP contribution in [0.15, 0.2) is 0 Å². The van der Waals surface area contributed by atoms with Gasteiger partial charge in [-0.3, -0.25) is 9.69 Å². The van der Waals surface area contributed by atoms with E-state index in [9.17, 15) is 13.6 Å². The fourth-order valence-corrected chi connectivity index (χ4v) is 1.95. The zero-order chi connectivity index (χ0) is 12.3. The van der Waals surface area contributed by atoms with E-state index in [-0.39, 0.29) is 30.8 Å². The Morgan fingerprint density at radius 2 is 2.12 bits per heavy atom. The number of halogens is 2. The predicted octanol–water partition coefficient (Wildman–Crippen LogP) is 1.77. The van der Waals surface area contributed by atoms with Crippen LogP contribution in [0.2, 0.25) is 0 Å². The van der Waals surface area contributed by atoms with E-state index < -0.39 is 5.92 Å². The molecule has 0 aromatic heterocycles. The Kier molecular flexibility index (Phi) is 4.24. The lowest BCUT2D eigenvalue weighted by molar-refractivity contribution is -0.147. The molecular formula is C11H19F2NO2. The Balaban J connectivity index is 2.53. The van der Waals surface area contributed by atoms with Crippen molar-refractivity contribution in [3.05, 3.63) is 0 Å². The molecule has 1 heterocycles. The Hall–Kier alpha value is -0.710. The van der Waals surface area contributed by atoms with Crippen LogP contribution in [0.5, 0.6) is 0 Å². The molecule has 1 saturated heterocycles. The van der Waals surface area contributed by atoms with Crippen molar-refractivity contribution in [1.29, 1.82) is 0 Å².